The molecule has 0 bridgehead atoms. The van der Waals surface area contributed by atoms with Crippen molar-refractivity contribution in [2.75, 3.05) is 0 Å². The number of rotatable bonds is 5. The summed E-state index contributed by atoms with van der Waals surface area (Å²) in [6, 6.07) is 6.86. The first-order valence-corrected chi connectivity index (χ1v) is 13.3. The molecule has 1 aromatic heterocycles. The molecule has 1 aliphatic rings. The molecule has 0 fully saturated rings. The van der Waals surface area contributed by atoms with Crippen molar-refractivity contribution in [2.24, 2.45) is 0 Å². The number of benzene rings is 1. The van der Waals surface area contributed by atoms with E-state index in [1.54, 1.807) is 11.3 Å². The van der Waals surface area contributed by atoms with Crippen molar-refractivity contribution in [1.29, 1.82) is 0 Å². The molecule has 0 amide bonds. The molecule has 3 rings (SSSR count). The molecular weight excluding hydrogens is 358 g/mol. The van der Waals surface area contributed by atoms with Gasteiger partial charge < -0.3 is 9.34 Å². The van der Waals surface area contributed by atoms with Gasteiger partial charge in [-0.05, 0) is 84.3 Å². The van der Waals surface area contributed by atoms with E-state index < -0.39 is 8.24 Å². The number of hydrogen-bond donors (Lipinski definition) is 1. The quantitative estimate of drug-likeness (QED) is 0.526. The van der Waals surface area contributed by atoms with Crippen LogP contribution in [0.5, 0.6) is 5.75 Å². The number of aryl methyl sites for hydroxylation is 3. The fourth-order valence-corrected chi connectivity index (χ4v) is 13.1. The number of phenols is 1. The van der Waals surface area contributed by atoms with Gasteiger partial charge in [0, 0.05) is 11.6 Å². The van der Waals surface area contributed by atoms with Gasteiger partial charge in [-0.1, -0.05) is 53.7 Å². The number of hydrogen-bond acceptors (Lipinski definition) is 1. The summed E-state index contributed by atoms with van der Waals surface area (Å²) < 4.78 is 2.81. The van der Waals surface area contributed by atoms with Gasteiger partial charge in [-0.15, -0.1) is 0 Å². The van der Waals surface area contributed by atoms with Crippen molar-refractivity contribution in [3.8, 4) is 5.75 Å². The summed E-state index contributed by atoms with van der Waals surface area (Å²) in [5, 5.41) is 10.3. The lowest BCUT2D eigenvalue weighted by Crippen LogP contribution is -2.52. The first kappa shape index (κ1) is 21.2. The Kier molecular flexibility index (Phi) is 5.87. The normalized spacial score (nSPS) is 17.6. The summed E-state index contributed by atoms with van der Waals surface area (Å²) in [7, 11) is -1.78. The largest absolute Gasteiger partial charge is 0.507 e. The second-order valence-corrected chi connectivity index (χ2v) is 15.6. The van der Waals surface area contributed by atoms with Crippen LogP contribution in [0.4, 0.5) is 0 Å². The second kappa shape index (κ2) is 7.74. The van der Waals surface area contributed by atoms with Crippen molar-refractivity contribution >= 4 is 8.24 Å². The highest BCUT2D eigenvalue weighted by atomic mass is 28.3. The van der Waals surface area contributed by atoms with Crippen LogP contribution in [-0.2, 0) is 6.42 Å². The summed E-state index contributed by atoms with van der Waals surface area (Å²) in [5.41, 5.74) is 8.59. The van der Waals surface area contributed by atoms with Crippen molar-refractivity contribution in [3.63, 3.8) is 0 Å². The zero-order valence-corrected chi connectivity index (χ0v) is 20.1. The third kappa shape index (κ3) is 3.16. The number of fused-ring (bicyclic) bond motifs is 1. The average molecular weight is 398 g/mol. The van der Waals surface area contributed by atoms with Crippen LogP contribution in [0.2, 0.25) is 16.6 Å². The molecule has 1 atom stereocenters. The molecule has 0 unspecified atom stereocenters. The van der Waals surface area contributed by atoms with E-state index in [4.69, 9.17) is 0 Å². The molecule has 0 spiro atoms. The molecule has 3 heteroatoms. The predicted molar refractivity (Wildman–Crippen MR) is 123 cm³/mol. The number of phenolic OH excluding ortho intramolecular Hbond substituents is 1. The molecule has 0 aliphatic heterocycles. The van der Waals surface area contributed by atoms with Crippen LogP contribution in [-0.4, -0.2) is 17.6 Å². The van der Waals surface area contributed by atoms with Crippen molar-refractivity contribution in [2.45, 2.75) is 97.2 Å². The van der Waals surface area contributed by atoms with Crippen molar-refractivity contribution in [1.82, 2.24) is 4.23 Å². The minimum atomic E-state index is -1.78. The summed E-state index contributed by atoms with van der Waals surface area (Å²) in [5.74, 6) is 0.894. The lowest BCUT2D eigenvalue weighted by atomic mass is 9.82. The van der Waals surface area contributed by atoms with E-state index in [2.05, 4.69) is 70.2 Å². The lowest BCUT2D eigenvalue weighted by Gasteiger charge is -2.46. The van der Waals surface area contributed by atoms with E-state index in [9.17, 15) is 5.11 Å². The fraction of sp³-hybridized carbons (Fsp3) is 0.600. The molecule has 1 aromatic carbocycles. The molecule has 0 radical (unpaired) electrons. The van der Waals surface area contributed by atoms with Crippen LogP contribution in [0.25, 0.3) is 0 Å². The van der Waals surface area contributed by atoms with Crippen LogP contribution in [0.3, 0.4) is 0 Å². The molecule has 0 saturated heterocycles. The van der Waals surface area contributed by atoms with Gasteiger partial charge in [-0.25, -0.2) is 0 Å². The standard InChI is InChI=1S/C25H39NOSi/c1-16(2)28(17(3)4,18(5)6)26-13-12-21-10-9-11-23(24(21)26)22-14-19(7)25(27)20(8)15-22/h12-18,23,27H,9-11H2,1-8H3/t23-/m1/s1. The molecule has 1 aliphatic carbocycles. The summed E-state index contributed by atoms with van der Waals surface area (Å²) in [6.07, 6.45) is 6.10. The molecule has 1 heterocycles. The topological polar surface area (TPSA) is 25.2 Å². The minimum Gasteiger partial charge on any atom is -0.507 e. The smallest absolute Gasteiger partial charge is 0.169 e. The molecule has 154 valence electrons. The highest BCUT2D eigenvalue weighted by Crippen LogP contribution is 2.47. The Hall–Kier alpha value is -1.48. The van der Waals surface area contributed by atoms with Gasteiger partial charge in [0.1, 0.15) is 5.75 Å². The third-order valence-corrected chi connectivity index (χ3v) is 14.2. The Morgan fingerprint density at radius 1 is 0.964 bits per heavy atom. The van der Waals surface area contributed by atoms with Gasteiger partial charge in [0.2, 0.25) is 0 Å². The van der Waals surface area contributed by atoms with Crippen LogP contribution >= 0.6 is 0 Å². The van der Waals surface area contributed by atoms with E-state index in [1.165, 1.54) is 24.8 Å². The van der Waals surface area contributed by atoms with Gasteiger partial charge in [-0.2, -0.15) is 0 Å². The van der Waals surface area contributed by atoms with E-state index >= 15 is 0 Å². The van der Waals surface area contributed by atoms with Gasteiger partial charge >= 0.3 is 0 Å². The lowest BCUT2D eigenvalue weighted by molar-refractivity contribution is 0.466. The maximum atomic E-state index is 10.3. The zero-order valence-electron chi connectivity index (χ0n) is 19.1. The van der Waals surface area contributed by atoms with Crippen LogP contribution in [0.15, 0.2) is 24.4 Å². The fourth-order valence-electron chi connectivity index (χ4n) is 6.41. The first-order chi connectivity index (χ1) is 13.1. The monoisotopic (exact) mass is 397 g/mol. The predicted octanol–water partition coefficient (Wildman–Crippen LogP) is 7.30. The number of nitrogens with zero attached hydrogens (tertiary/aromatic N) is 1. The van der Waals surface area contributed by atoms with Crippen LogP contribution in [0, 0.1) is 13.8 Å². The van der Waals surface area contributed by atoms with Gasteiger partial charge in [0.25, 0.3) is 0 Å². The molecule has 2 aromatic rings. The molecular formula is C25H39NOSi. The van der Waals surface area contributed by atoms with E-state index in [0.29, 0.717) is 28.3 Å². The number of aromatic hydroxyl groups is 1. The van der Waals surface area contributed by atoms with E-state index in [1.807, 2.05) is 13.8 Å². The van der Waals surface area contributed by atoms with Crippen molar-refractivity contribution in [3.05, 3.63) is 52.3 Å². The maximum Gasteiger partial charge on any atom is 0.169 e. The van der Waals surface area contributed by atoms with E-state index in [0.717, 1.165) is 11.1 Å². The summed E-state index contributed by atoms with van der Waals surface area (Å²) in [4.78, 5) is 0. The van der Waals surface area contributed by atoms with Gasteiger partial charge in [0.15, 0.2) is 8.24 Å². The molecule has 1 N–H and O–H groups in total. The third-order valence-electron chi connectivity index (χ3n) is 7.39. The van der Waals surface area contributed by atoms with Crippen LogP contribution < -0.4 is 0 Å². The summed E-state index contributed by atoms with van der Waals surface area (Å²) >= 11 is 0. The summed E-state index contributed by atoms with van der Waals surface area (Å²) in [6.45, 7) is 18.8. The Balaban J connectivity index is 2.24. The van der Waals surface area contributed by atoms with Gasteiger partial charge in [0.05, 0.1) is 0 Å². The minimum absolute atomic E-state index is 0.444. The molecule has 0 saturated carbocycles. The Morgan fingerprint density at radius 2 is 1.50 bits per heavy atom. The highest BCUT2D eigenvalue weighted by Gasteiger charge is 2.47. The first-order valence-electron chi connectivity index (χ1n) is 11.1. The highest BCUT2D eigenvalue weighted by molar-refractivity contribution is 6.82. The second-order valence-electron chi connectivity index (χ2n) is 9.90. The zero-order chi connectivity index (χ0) is 20.8. The Bertz CT molecular complexity index is 801. The Labute approximate surface area is 173 Å². The Morgan fingerprint density at radius 3 is 2.00 bits per heavy atom. The molecule has 28 heavy (non-hydrogen) atoms. The van der Waals surface area contributed by atoms with E-state index in [-0.39, 0.29) is 0 Å². The number of aromatic nitrogens is 1. The van der Waals surface area contributed by atoms with Crippen molar-refractivity contribution < 1.29 is 5.11 Å². The average Bonchev–Trinajstić information content (AvgIpc) is 3.03. The van der Waals surface area contributed by atoms with Gasteiger partial charge in [-0.3, -0.25) is 0 Å². The molecule has 2 nitrogen and oxygen atoms in total. The SMILES string of the molecule is Cc1cc([C@H]2CCCc3ccn([Si](C(C)C)(C(C)C)C(C)C)c32)cc(C)c1O. The van der Waals surface area contributed by atoms with Crippen LogP contribution in [0.1, 0.15) is 88.2 Å². The maximum absolute atomic E-state index is 10.3.